The Hall–Kier alpha value is -2.71. The molecule has 0 aliphatic heterocycles. The number of benzene rings is 2. The Bertz CT molecular complexity index is 815. The Labute approximate surface area is 158 Å². The summed E-state index contributed by atoms with van der Waals surface area (Å²) < 4.78 is 11.3. The molecule has 0 radical (unpaired) electrons. The van der Waals surface area contributed by atoms with Crippen molar-refractivity contribution in [1.82, 2.24) is 5.32 Å². The third-order valence-corrected chi connectivity index (χ3v) is 4.01. The number of carbonyl (C=O) groups is 1. The van der Waals surface area contributed by atoms with Crippen LogP contribution in [0.5, 0.6) is 11.5 Å². The van der Waals surface area contributed by atoms with Gasteiger partial charge >= 0.3 is 0 Å². The van der Waals surface area contributed by atoms with Gasteiger partial charge < -0.3 is 14.8 Å². The predicted octanol–water partition coefficient (Wildman–Crippen LogP) is 3.81. The molecule has 2 aromatic carbocycles. The maximum absolute atomic E-state index is 11.3. The topological polar surface area (TPSA) is 71.3 Å². The summed E-state index contributed by atoms with van der Waals surface area (Å²) in [4.78, 5) is 11.3. The molecule has 0 aliphatic carbocycles. The van der Waals surface area contributed by atoms with E-state index in [4.69, 9.17) is 26.3 Å². The fourth-order valence-corrected chi connectivity index (χ4v) is 2.78. The van der Waals surface area contributed by atoms with Gasteiger partial charge in [-0.15, -0.1) is 0 Å². The molecule has 2 rings (SSSR count). The molecule has 0 atom stereocenters. The first-order chi connectivity index (χ1) is 12.5. The number of nitrogens with zero attached hydrogens (tertiary/aromatic N) is 1. The van der Waals surface area contributed by atoms with Gasteiger partial charge in [-0.2, -0.15) is 5.26 Å². The lowest BCUT2D eigenvalue weighted by atomic mass is 10.1. The minimum atomic E-state index is -0.288. The maximum Gasteiger partial charge on any atom is 0.234 e. The van der Waals surface area contributed by atoms with Gasteiger partial charge in [-0.3, -0.25) is 4.79 Å². The van der Waals surface area contributed by atoms with E-state index in [9.17, 15) is 4.79 Å². The first-order valence-corrected chi connectivity index (χ1v) is 8.59. The van der Waals surface area contributed by atoms with Crippen LogP contribution in [-0.4, -0.2) is 19.6 Å². The highest BCUT2D eigenvalue weighted by Crippen LogP contribution is 2.37. The molecule has 6 heteroatoms. The highest BCUT2D eigenvalue weighted by Gasteiger charge is 2.13. The Balaban J connectivity index is 2.04. The molecule has 136 valence electrons. The highest BCUT2D eigenvalue weighted by atomic mass is 35.5. The largest absolute Gasteiger partial charge is 0.493 e. The van der Waals surface area contributed by atoms with Crippen molar-refractivity contribution in [3.05, 3.63) is 58.1 Å². The second-order valence-electron chi connectivity index (χ2n) is 5.82. The van der Waals surface area contributed by atoms with Crippen molar-refractivity contribution in [2.45, 2.75) is 26.4 Å². The lowest BCUT2D eigenvalue weighted by molar-refractivity contribution is -0.120. The van der Waals surface area contributed by atoms with E-state index in [1.54, 1.807) is 13.2 Å². The summed E-state index contributed by atoms with van der Waals surface area (Å²) in [6.07, 6.45) is 0.432. The van der Waals surface area contributed by atoms with Crippen LogP contribution in [0.2, 0.25) is 5.02 Å². The summed E-state index contributed by atoms with van der Waals surface area (Å²) in [5, 5.41) is 11.6. The molecular formula is C20H21ClN2O3. The number of aryl methyl sites for hydroxylation is 1. The summed E-state index contributed by atoms with van der Waals surface area (Å²) in [7, 11) is 1.56. The van der Waals surface area contributed by atoms with Crippen LogP contribution in [0.4, 0.5) is 0 Å². The number of hydrogen-bond acceptors (Lipinski definition) is 4. The smallest absolute Gasteiger partial charge is 0.234 e. The molecule has 0 unspecified atom stereocenters. The van der Waals surface area contributed by atoms with Crippen LogP contribution >= 0.6 is 11.6 Å². The van der Waals surface area contributed by atoms with Crippen LogP contribution in [0.3, 0.4) is 0 Å². The van der Waals surface area contributed by atoms with Gasteiger partial charge in [0.2, 0.25) is 5.91 Å². The summed E-state index contributed by atoms with van der Waals surface area (Å²) in [6, 6.07) is 13.5. The normalized spacial score (nSPS) is 10.1. The molecule has 0 saturated heterocycles. The number of nitrogens with one attached hydrogen (secondary N) is 1. The number of nitriles is 1. The molecule has 0 aromatic heterocycles. The third kappa shape index (κ3) is 5.68. The maximum atomic E-state index is 11.3. The Morgan fingerprint density at radius 1 is 1.27 bits per heavy atom. The number of halogens is 1. The zero-order valence-electron chi connectivity index (χ0n) is 14.8. The molecule has 26 heavy (non-hydrogen) atoms. The second-order valence-corrected chi connectivity index (χ2v) is 6.23. The van der Waals surface area contributed by atoms with Crippen LogP contribution in [0.1, 0.15) is 23.1 Å². The Morgan fingerprint density at radius 2 is 2.08 bits per heavy atom. The molecule has 0 aliphatic rings. The van der Waals surface area contributed by atoms with E-state index in [2.05, 4.69) is 11.4 Å². The number of hydrogen-bond donors (Lipinski definition) is 1. The average Bonchev–Trinajstić information content (AvgIpc) is 2.60. The molecule has 1 amide bonds. The van der Waals surface area contributed by atoms with Crippen LogP contribution < -0.4 is 14.8 Å². The summed E-state index contributed by atoms with van der Waals surface area (Å²) >= 11 is 6.37. The van der Waals surface area contributed by atoms with E-state index in [1.807, 2.05) is 37.3 Å². The number of rotatable bonds is 8. The first-order valence-electron chi connectivity index (χ1n) is 8.22. The van der Waals surface area contributed by atoms with Crippen molar-refractivity contribution in [2.75, 3.05) is 13.7 Å². The van der Waals surface area contributed by atoms with Crippen molar-refractivity contribution in [2.24, 2.45) is 0 Å². The van der Waals surface area contributed by atoms with E-state index in [-0.39, 0.29) is 12.3 Å². The number of carbonyl (C=O) groups excluding carboxylic acids is 1. The average molecular weight is 373 g/mol. The van der Waals surface area contributed by atoms with Gasteiger partial charge in [-0.25, -0.2) is 0 Å². The monoisotopic (exact) mass is 372 g/mol. The highest BCUT2D eigenvalue weighted by molar-refractivity contribution is 6.32. The van der Waals surface area contributed by atoms with Crippen LogP contribution in [0.15, 0.2) is 36.4 Å². The molecule has 0 bridgehead atoms. The standard InChI is InChI=1S/C20H21ClN2O3/c1-14-4-3-5-16(10-14)13-26-20-17(21)11-15(12-18(20)25-2)7-9-23-19(24)6-8-22/h3-5,10-12H,6-7,9,13H2,1-2H3,(H,23,24). The molecule has 5 nitrogen and oxygen atoms in total. The summed E-state index contributed by atoms with van der Waals surface area (Å²) in [6.45, 7) is 2.84. The zero-order valence-corrected chi connectivity index (χ0v) is 15.6. The fraction of sp³-hybridized carbons (Fsp3) is 0.300. The predicted molar refractivity (Wildman–Crippen MR) is 100 cm³/mol. The zero-order chi connectivity index (χ0) is 18.9. The van der Waals surface area contributed by atoms with E-state index in [0.717, 1.165) is 16.7 Å². The lowest BCUT2D eigenvalue weighted by Gasteiger charge is -2.14. The van der Waals surface area contributed by atoms with Gasteiger partial charge in [0.25, 0.3) is 0 Å². The Morgan fingerprint density at radius 3 is 2.77 bits per heavy atom. The van der Waals surface area contributed by atoms with Gasteiger partial charge in [0, 0.05) is 6.54 Å². The van der Waals surface area contributed by atoms with Gasteiger partial charge in [-0.05, 0) is 36.6 Å². The van der Waals surface area contributed by atoms with Gasteiger partial charge in [0.1, 0.15) is 13.0 Å². The van der Waals surface area contributed by atoms with Gasteiger partial charge in [0.15, 0.2) is 11.5 Å². The lowest BCUT2D eigenvalue weighted by Crippen LogP contribution is -2.24. The minimum absolute atomic E-state index is 0.143. The molecule has 0 saturated carbocycles. The first kappa shape index (κ1) is 19.6. The fourth-order valence-electron chi connectivity index (χ4n) is 2.50. The van der Waals surface area contributed by atoms with E-state index in [0.29, 0.717) is 36.1 Å². The molecule has 0 fully saturated rings. The SMILES string of the molecule is COc1cc(CCNC(=O)CC#N)cc(Cl)c1OCc1cccc(C)c1. The molecule has 2 aromatic rings. The van der Waals surface area contributed by atoms with Gasteiger partial charge in [0.05, 0.1) is 18.2 Å². The molecule has 1 N–H and O–H groups in total. The number of methoxy groups -OCH3 is 1. The van der Waals surface area contributed by atoms with Crippen molar-refractivity contribution >= 4 is 17.5 Å². The van der Waals surface area contributed by atoms with Crippen molar-refractivity contribution in [3.8, 4) is 17.6 Å². The van der Waals surface area contributed by atoms with Crippen LogP contribution in [0.25, 0.3) is 0 Å². The summed E-state index contributed by atoms with van der Waals surface area (Å²) in [5.41, 5.74) is 3.12. The molecular weight excluding hydrogens is 352 g/mol. The Kier molecular flexibility index (Phi) is 7.31. The van der Waals surface area contributed by atoms with Gasteiger partial charge in [-0.1, -0.05) is 41.4 Å². The number of amides is 1. The molecule has 0 heterocycles. The quantitative estimate of drug-likeness (QED) is 0.764. The van der Waals surface area contributed by atoms with Crippen molar-refractivity contribution in [3.63, 3.8) is 0 Å². The second kappa shape index (κ2) is 9.69. The van der Waals surface area contributed by atoms with E-state index in [1.165, 1.54) is 0 Å². The minimum Gasteiger partial charge on any atom is -0.493 e. The van der Waals surface area contributed by atoms with Crippen molar-refractivity contribution < 1.29 is 14.3 Å². The molecule has 0 spiro atoms. The summed E-state index contributed by atoms with van der Waals surface area (Å²) in [5.74, 6) is 0.750. The number of ether oxygens (including phenoxy) is 2. The van der Waals surface area contributed by atoms with Crippen LogP contribution in [-0.2, 0) is 17.8 Å². The van der Waals surface area contributed by atoms with E-state index < -0.39 is 0 Å². The van der Waals surface area contributed by atoms with Crippen molar-refractivity contribution in [1.29, 1.82) is 5.26 Å². The van der Waals surface area contributed by atoms with Crippen LogP contribution in [0, 0.1) is 18.3 Å². The third-order valence-electron chi connectivity index (χ3n) is 3.73. The van der Waals surface area contributed by atoms with E-state index >= 15 is 0 Å².